The van der Waals surface area contributed by atoms with Gasteiger partial charge in [0.1, 0.15) is 5.82 Å². The van der Waals surface area contributed by atoms with Crippen LogP contribution in [0.2, 0.25) is 0 Å². The number of benzene rings is 1. The van der Waals surface area contributed by atoms with E-state index >= 15 is 0 Å². The van der Waals surface area contributed by atoms with Crippen LogP contribution in [0.15, 0.2) is 41.1 Å². The van der Waals surface area contributed by atoms with E-state index < -0.39 is 0 Å². The van der Waals surface area contributed by atoms with Crippen LogP contribution >= 0.6 is 43.2 Å². The molecule has 0 aliphatic rings. The van der Waals surface area contributed by atoms with Crippen LogP contribution in [0.4, 0.5) is 4.39 Å². The fraction of sp³-hybridized carbons (Fsp3) is 0.333. The zero-order valence-corrected chi connectivity index (χ0v) is 14.4. The van der Waals surface area contributed by atoms with Gasteiger partial charge in [-0.2, -0.15) is 11.3 Å². The fourth-order valence-corrected chi connectivity index (χ4v) is 4.94. The Kier molecular flexibility index (Phi) is 5.60. The zero-order chi connectivity index (χ0) is 13.7. The van der Waals surface area contributed by atoms with E-state index in [-0.39, 0.29) is 11.2 Å². The van der Waals surface area contributed by atoms with Crippen LogP contribution in [0.3, 0.4) is 0 Å². The average Bonchev–Trinajstić information content (AvgIpc) is 2.94. The maximum absolute atomic E-state index is 13.5. The third kappa shape index (κ3) is 3.67. The van der Waals surface area contributed by atoms with Crippen molar-refractivity contribution in [3.63, 3.8) is 0 Å². The Morgan fingerprint density at radius 3 is 2.53 bits per heavy atom. The number of aryl methyl sites for hydroxylation is 1. The predicted octanol–water partition coefficient (Wildman–Crippen LogP) is 5.55. The summed E-state index contributed by atoms with van der Waals surface area (Å²) in [6.45, 7) is 0. The minimum atomic E-state index is -0.167. The van der Waals surface area contributed by atoms with Crippen LogP contribution in [0, 0.1) is 5.82 Å². The molecule has 102 valence electrons. The van der Waals surface area contributed by atoms with E-state index in [1.165, 1.54) is 11.6 Å². The van der Waals surface area contributed by atoms with Gasteiger partial charge < -0.3 is 0 Å². The normalized spacial score (nSPS) is 11.7. The summed E-state index contributed by atoms with van der Waals surface area (Å²) in [7, 11) is 0. The molecule has 0 saturated heterocycles. The van der Waals surface area contributed by atoms with Crippen molar-refractivity contribution in [3.05, 3.63) is 58.0 Å². The molecule has 0 nitrogen and oxygen atoms in total. The van der Waals surface area contributed by atoms with E-state index in [0.29, 0.717) is 0 Å². The van der Waals surface area contributed by atoms with Crippen molar-refractivity contribution < 1.29 is 4.39 Å². The maximum Gasteiger partial charge on any atom is 0.123 e. The molecule has 2 rings (SSSR count). The first-order valence-electron chi connectivity index (χ1n) is 6.09. The number of thiophene rings is 1. The summed E-state index contributed by atoms with van der Waals surface area (Å²) in [6.07, 6.45) is 2.00. The van der Waals surface area contributed by atoms with Crippen LogP contribution in [0.1, 0.15) is 17.5 Å². The van der Waals surface area contributed by atoms with E-state index in [1.807, 2.05) is 6.07 Å². The van der Waals surface area contributed by atoms with Crippen molar-refractivity contribution in [2.24, 2.45) is 0 Å². The lowest BCUT2D eigenvalue weighted by Gasteiger charge is -2.30. The Morgan fingerprint density at radius 1 is 1.16 bits per heavy atom. The Hall–Kier alpha value is -0.190. The number of alkyl halides is 2. The molecular weight excluding hydrogens is 391 g/mol. The van der Waals surface area contributed by atoms with Gasteiger partial charge in [0, 0.05) is 16.1 Å². The Labute approximate surface area is 134 Å². The average molecular weight is 406 g/mol. The molecule has 19 heavy (non-hydrogen) atoms. The molecule has 0 spiro atoms. The van der Waals surface area contributed by atoms with Gasteiger partial charge >= 0.3 is 0 Å². The van der Waals surface area contributed by atoms with E-state index in [0.717, 1.165) is 29.1 Å². The standard InChI is InChI=1S/C15H15Br2FS/c16-10-15(11-17,6-4-12-5-7-19-9-12)13-2-1-3-14(18)8-13/h1-3,5,7-9H,4,6,10-11H2. The van der Waals surface area contributed by atoms with Gasteiger partial charge in [0.2, 0.25) is 0 Å². The fourth-order valence-electron chi connectivity index (χ4n) is 2.10. The molecule has 1 aromatic carbocycles. The third-order valence-electron chi connectivity index (χ3n) is 3.42. The van der Waals surface area contributed by atoms with Gasteiger partial charge in [0.25, 0.3) is 0 Å². The Bertz CT molecular complexity index is 507. The van der Waals surface area contributed by atoms with Gasteiger partial charge in [-0.3, -0.25) is 0 Å². The van der Waals surface area contributed by atoms with Crippen LogP contribution in [0.5, 0.6) is 0 Å². The number of halogens is 3. The van der Waals surface area contributed by atoms with Crippen molar-refractivity contribution in [2.75, 3.05) is 10.7 Å². The SMILES string of the molecule is Fc1cccc(C(CBr)(CBr)CCc2ccsc2)c1. The molecule has 0 saturated carbocycles. The van der Waals surface area contributed by atoms with Crippen molar-refractivity contribution >= 4 is 43.2 Å². The van der Waals surface area contributed by atoms with E-state index in [4.69, 9.17) is 0 Å². The van der Waals surface area contributed by atoms with E-state index in [1.54, 1.807) is 23.5 Å². The quantitative estimate of drug-likeness (QED) is 0.552. The van der Waals surface area contributed by atoms with Crippen molar-refractivity contribution in [1.82, 2.24) is 0 Å². The number of hydrogen-bond donors (Lipinski definition) is 0. The van der Waals surface area contributed by atoms with Gasteiger partial charge in [-0.25, -0.2) is 4.39 Å². The topological polar surface area (TPSA) is 0 Å². The molecule has 0 unspecified atom stereocenters. The summed E-state index contributed by atoms with van der Waals surface area (Å²) in [5, 5.41) is 5.91. The molecule has 0 radical (unpaired) electrons. The number of hydrogen-bond acceptors (Lipinski definition) is 1. The van der Waals surface area contributed by atoms with Crippen molar-refractivity contribution in [2.45, 2.75) is 18.3 Å². The Morgan fingerprint density at radius 2 is 1.95 bits per heavy atom. The zero-order valence-electron chi connectivity index (χ0n) is 10.4. The highest BCUT2D eigenvalue weighted by Gasteiger charge is 2.30. The van der Waals surface area contributed by atoms with Gasteiger partial charge in [-0.05, 0) is 52.9 Å². The van der Waals surface area contributed by atoms with Gasteiger partial charge in [0.15, 0.2) is 0 Å². The predicted molar refractivity (Wildman–Crippen MR) is 88.3 cm³/mol. The molecule has 0 N–H and O–H groups in total. The monoisotopic (exact) mass is 404 g/mol. The lowest BCUT2D eigenvalue weighted by atomic mass is 9.79. The first-order valence-corrected chi connectivity index (χ1v) is 9.28. The summed E-state index contributed by atoms with van der Waals surface area (Å²) in [4.78, 5) is 0. The molecule has 0 fully saturated rings. The summed E-state index contributed by atoms with van der Waals surface area (Å²) < 4.78 is 13.5. The second kappa shape index (κ2) is 7.00. The highest BCUT2D eigenvalue weighted by atomic mass is 79.9. The molecule has 1 aromatic heterocycles. The van der Waals surface area contributed by atoms with Crippen LogP contribution in [0.25, 0.3) is 0 Å². The molecule has 0 amide bonds. The second-order valence-electron chi connectivity index (χ2n) is 4.69. The minimum Gasteiger partial charge on any atom is -0.207 e. The third-order valence-corrected chi connectivity index (χ3v) is 6.30. The minimum absolute atomic E-state index is 0.0654. The van der Waals surface area contributed by atoms with Crippen molar-refractivity contribution in [1.29, 1.82) is 0 Å². The summed E-state index contributed by atoms with van der Waals surface area (Å²) in [6, 6.07) is 9.10. The van der Waals surface area contributed by atoms with E-state index in [9.17, 15) is 4.39 Å². The summed E-state index contributed by atoms with van der Waals surface area (Å²) >= 11 is 8.94. The highest BCUT2D eigenvalue weighted by molar-refractivity contribution is 9.09. The molecule has 1 heterocycles. The molecule has 0 bridgehead atoms. The Balaban J connectivity index is 2.21. The van der Waals surface area contributed by atoms with Gasteiger partial charge in [-0.15, -0.1) is 0 Å². The van der Waals surface area contributed by atoms with Gasteiger partial charge in [0.05, 0.1) is 0 Å². The largest absolute Gasteiger partial charge is 0.207 e. The van der Waals surface area contributed by atoms with Crippen LogP contribution in [-0.4, -0.2) is 10.7 Å². The lowest BCUT2D eigenvalue weighted by Crippen LogP contribution is -2.31. The molecule has 0 aliphatic carbocycles. The second-order valence-corrected chi connectivity index (χ2v) is 6.59. The smallest absolute Gasteiger partial charge is 0.123 e. The molecule has 4 heteroatoms. The lowest BCUT2D eigenvalue weighted by molar-refractivity contribution is 0.500. The van der Waals surface area contributed by atoms with Crippen molar-refractivity contribution in [3.8, 4) is 0 Å². The van der Waals surface area contributed by atoms with Crippen LogP contribution < -0.4 is 0 Å². The maximum atomic E-state index is 13.5. The summed E-state index contributed by atoms with van der Waals surface area (Å²) in [5.74, 6) is -0.167. The highest BCUT2D eigenvalue weighted by Crippen LogP contribution is 2.34. The first-order chi connectivity index (χ1) is 9.20. The molecule has 0 aliphatic heterocycles. The molecule has 0 atom stereocenters. The van der Waals surface area contributed by atoms with Gasteiger partial charge in [-0.1, -0.05) is 44.0 Å². The van der Waals surface area contributed by atoms with E-state index in [2.05, 4.69) is 48.7 Å². The summed E-state index contributed by atoms with van der Waals surface area (Å²) in [5.41, 5.74) is 2.34. The van der Waals surface area contributed by atoms with Crippen LogP contribution in [-0.2, 0) is 11.8 Å². The number of rotatable bonds is 6. The first kappa shape index (κ1) is 15.2. The molecular formula is C15H15Br2FS. The molecule has 2 aromatic rings.